The number of unbranched alkanes of at least 4 members (excludes halogenated alkanes) is 21. The Bertz CT molecular complexity index is 1560. The van der Waals surface area contributed by atoms with Gasteiger partial charge >= 0.3 is 13.8 Å². The number of nitrogens with one attached hydrogen (secondary N) is 1. The van der Waals surface area contributed by atoms with Crippen LogP contribution in [0, 0.1) is 0 Å². The highest BCUT2D eigenvalue weighted by atomic mass is 31.2. The molecule has 0 aliphatic carbocycles. The third kappa shape index (κ3) is 51.8. The summed E-state index contributed by atoms with van der Waals surface area (Å²) in [6.45, 7) is 6.81. The van der Waals surface area contributed by atoms with Gasteiger partial charge in [0.2, 0.25) is 5.91 Å². The highest BCUT2D eigenvalue weighted by molar-refractivity contribution is 7.47. The normalized spacial score (nSPS) is 14.5. The largest absolute Gasteiger partial charge is 0.472 e. The van der Waals surface area contributed by atoms with Crippen molar-refractivity contribution >= 4 is 19.7 Å². The van der Waals surface area contributed by atoms with E-state index in [1.54, 1.807) is 0 Å². The molecule has 0 rings (SSSR count). The molecule has 0 bridgehead atoms. The first kappa shape index (κ1) is 68.9. The number of carbonyl (C=O) groups excluding carboxylic acids is 2. The second kappa shape index (κ2) is 51.4. The summed E-state index contributed by atoms with van der Waals surface area (Å²) in [6.07, 6.45) is 68.3. The van der Waals surface area contributed by atoms with Crippen LogP contribution < -0.4 is 5.32 Å². The number of hydrogen-bond donors (Lipinski definition) is 2. The van der Waals surface area contributed by atoms with E-state index in [1.165, 1.54) is 83.5 Å². The Morgan fingerprint density at radius 2 is 0.889 bits per heavy atom. The fourth-order valence-electron chi connectivity index (χ4n) is 7.76. The van der Waals surface area contributed by atoms with Crippen LogP contribution >= 0.6 is 7.82 Å². The Balaban J connectivity index is 5.47. The molecule has 0 saturated carbocycles. The molecule has 0 heterocycles. The monoisotopic (exact) mass is 1030 g/mol. The van der Waals surface area contributed by atoms with Gasteiger partial charge in [0.05, 0.1) is 33.8 Å². The number of amides is 1. The number of quaternary nitrogens is 1. The lowest BCUT2D eigenvalue weighted by Gasteiger charge is -2.27. The van der Waals surface area contributed by atoms with Crippen molar-refractivity contribution in [2.75, 3.05) is 40.9 Å². The summed E-state index contributed by atoms with van der Waals surface area (Å²) in [5.41, 5.74) is 0. The summed E-state index contributed by atoms with van der Waals surface area (Å²) < 4.78 is 30.6. The first-order chi connectivity index (χ1) is 34.9. The maximum atomic E-state index is 13.5. The summed E-state index contributed by atoms with van der Waals surface area (Å²) in [7, 11) is 1.45. The Morgan fingerprint density at radius 3 is 1.38 bits per heavy atom. The molecular formula is C62H110N2O7P+. The molecule has 2 N–H and O–H groups in total. The lowest BCUT2D eigenvalue weighted by molar-refractivity contribution is -0.870. The molecule has 0 aliphatic heterocycles. The smallest absolute Gasteiger partial charge is 0.456 e. The fourth-order valence-corrected chi connectivity index (χ4v) is 8.50. The van der Waals surface area contributed by atoms with Crippen molar-refractivity contribution in [1.29, 1.82) is 0 Å². The van der Waals surface area contributed by atoms with Crippen molar-refractivity contribution in [2.24, 2.45) is 0 Å². The van der Waals surface area contributed by atoms with Gasteiger partial charge in [0, 0.05) is 12.8 Å². The van der Waals surface area contributed by atoms with E-state index in [0.717, 1.165) is 103 Å². The molecule has 0 fully saturated rings. The van der Waals surface area contributed by atoms with Crippen LogP contribution in [0.4, 0.5) is 0 Å². The number of rotatable bonds is 51. The minimum absolute atomic E-state index is 0.0253. The molecule has 0 aliphatic rings. The van der Waals surface area contributed by atoms with Crippen molar-refractivity contribution in [2.45, 2.75) is 245 Å². The summed E-state index contributed by atoms with van der Waals surface area (Å²) in [5, 5.41) is 3.02. The molecule has 414 valence electrons. The average molecular weight is 1030 g/mol. The second-order valence-corrected chi connectivity index (χ2v) is 21.9. The molecule has 0 aromatic rings. The number of phosphoric ester groups is 1. The molecule has 0 aromatic carbocycles. The molecule has 0 radical (unpaired) electrons. The first-order valence-corrected chi connectivity index (χ1v) is 30.6. The van der Waals surface area contributed by atoms with Crippen LogP contribution in [0.1, 0.15) is 233 Å². The number of allylic oxidation sites excluding steroid dienone is 15. The van der Waals surface area contributed by atoms with Crippen LogP contribution in [-0.2, 0) is 27.9 Å². The lowest BCUT2D eigenvalue weighted by atomic mass is 10.0. The van der Waals surface area contributed by atoms with Crippen LogP contribution in [0.2, 0.25) is 0 Å². The molecule has 0 saturated heterocycles. The first-order valence-electron chi connectivity index (χ1n) is 29.1. The third-order valence-electron chi connectivity index (χ3n) is 12.3. The van der Waals surface area contributed by atoms with Crippen LogP contribution in [0.5, 0.6) is 0 Å². The third-order valence-corrected chi connectivity index (χ3v) is 13.2. The van der Waals surface area contributed by atoms with Gasteiger partial charge in [-0.1, -0.05) is 208 Å². The summed E-state index contributed by atoms with van der Waals surface area (Å²) in [6, 6.07) is -0.879. The van der Waals surface area contributed by atoms with Gasteiger partial charge in [0.25, 0.3) is 0 Å². The molecule has 0 spiro atoms. The Labute approximate surface area is 443 Å². The molecule has 1 amide bonds. The number of carbonyl (C=O) groups is 2. The number of esters is 1. The lowest BCUT2D eigenvalue weighted by Crippen LogP contribution is -2.47. The van der Waals surface area contributed by atoms with Crippen molar-refractivity contribution in [3.63, 3.8) is 0 Å². The number of hydrogen-bond acceptors (Lipinski definition) is 6. The summed E-state index contributed by atoms with van der Waals surface area (Å²) in [4.78, 5) is 37.6. The van der Waals surface area contributed by atoms with E-state index in [1.807, 2.05) is 33.3 Å². The summed E-state index contributed by atoms with van der Waals surface area (Å²) >= 11 is 0. The molecule has 10 heteroatoms. The Morgan fingerprint density at radius 1 is 0.500 bits per heavy atom. The Hall–Kier alpha value is -3.07. The highest BCUT2D eigenvalue weighted by Gasteiger charge is 2.30. The minimum Gasteiger partial charge on any atom is -0.456 e. The zero-order valence-corrected chi connectivity index (χ0v) is 48.0. The second-order valence-electron chi connectivity index (χ2n) is 20.4. The predicted octanol–water partition coefficient (Wildman–Crippen LogP) is 17.6. The van der Waals surface area contributed by atoms with E-state index >= 15 is 0 Å². The molecule has 0 aromatic heterocycles. The number of nitrogens with zero attached hydrogens (tertiary/aromatic N) is 1. The SMILES string of the molecule is CC/C=C/C/C=C/C/C=C/C/C=C/CCCCCC(=O)NC(COP(=O)(O)OCC[N+](C)(C)C)C(/C=C/CCCCCCCCCCCCC)OC(=O)CCCCCC/C=C\C/C=C\C/C=C\CCCCC. The molecule has 3 atom stereocenters. The van der Waals surface area contributed by atoms with Gasteiger partial charge in [0.15, 0.2) is 0 Å². The molecule has 72 heavy (non-hydrogen) atoms. The van der Waals surface area contributed by atoms with Gasteiger partial charge in [-0.05, 0) is 109 Å². The standard InChI is InChI=1S/C62H109N2O7P/c1-7-10-13-16-19-22-25-28-30-32-34-37-40-43-46-49-52-55-62(66)71-60(53-50-47-44-41-38-35-27-24-21-18-15-12-9-3)59(58-70-72(67,68)69-57-56-64(4,5)6)63-61(65)54-51-48-45-42-39-36-33-31-29-26-23-20-17-14-11-8-2/h11,14,19-20,22-23,28-31,34,36-37,39,50,53,59-60H,7-10,12-13,15-18,21,24-27,32-33,35,38,40-49,51-52,54-58H2,1-6H3,(H-,63,65,67,68)/p+1/b14-11+,22-19-,23-20+,30-28-,31-29+,37-34-,39-36+,53-50+. The zero-order chi connectivity index (χ0) is 52.9. The van der Waals surface area contributed by atoms with Gasteiger partial charge in [-0.2, -0.15) is 0 Å². The molecule has 9 nitrogen and oxygen atoms in total. The average Bonchev–Trinajstić information content (AvgIpc) is 3.34. The number of phosphoric acid groups is 1. The van der Waals surface area contributed by atoms with Crippen molar-refractivity contribution < 1.29 is 37.3 Å². The van der Waals surface area contributed by atoms with Crippen molar-refractivity contribution in [1.82, 2.24) is 5.32 Å². The summed E-state index contributed by atoms with van der Waals surface area (Å²) in [5.74, 6) is -0.572. The topological polar surface area (TPSA) is 111 Å². The minimum atomic E-state index is -4.47. The van der Waals surface area contributed by atoms with Crippen molar-refractivity contribution in [3.8, 4) is 0 Å². The number of likely N-dealkylation sites (N-methyl/N-ethyl adjacent to an activating group) is 1. The van der Waals surface area contributed by atoms with Crippen molar-refractivity contribution in [3.05, 3.63) is 97.2 Å². The molecular weight excluding hydrogens is 916 g/mol. The maximum Gasteiger partial charge on any atom is 0.472 e. The van der Waals surface area contributed by atoms with E-state index in [2.05, 4.69) is 111 Å². The van der Waals surface area contributed by atoms with E-state index in [4.69, 9.17) is 13.8 Å². The van der Waals surface area contributed by atoms with Gasteiger partial charge in [-0.15, -0.1) is 0 Å². The van der Waals surface area contributed by atoms with E-state index in [0.29, 0.717) is 23.9 Å². The Kier molecular flexibility index (Phi) is 49.2. The van der Waals surface area contributed by atoms with E-state index in [-0.39, 0.29) is 37.9 Å². The maximum absolute atomic E-state index is 13.5. The van der Waals surface area contributed by atoms with Gasteiger partial charge in [-0.25, -0.2) is 4.57 Å². The van der Waals surface area contributed by atoms with Crippen LogP contribution in [0.15, 0.2) is 97.2 Å². The van der Waals surface area contributed by atoms with Crippen LogP contribution in [0.25, 0.3) is 0 Å². The van der Waals surface area contributed by atoms with Crippen LogP contribution in [-0.4, -0.2) is 74.3 Å². The predicted molar refractivity (Wildman–Crippen MR) is 309 cm³/mol. The van der Waals surface area contributed by atoms with E-state index in [9.17, 15) is 19.0 Å². The van der Waals surface area contributed by atoms with E-state index < -0.39 is 20.0 Å². The quantitative estimate of drug-likeness (QED) is 0.0205. The van der Waals surface area contributed by atoms with Gasteiger partial charge < -0.3 is 19.4 Å². The van der Waals surface area contributed by atoms with Crippen LogP contribution in [0.3, 0.4) is 0 Å². The van der Waals surface area contributed by atoms with Gasteiger partial charge in [-0.3, -0.25) is 18.6 Å². The highest BCUT2D eigenvalue weighted by Crippen LogP contribution is 2.43. The van der Waals surface area contributed by atoms with Gasteiger partial charge in [0.1, 0.15) is 19.3 Å². The molecule has 3 unspecified atom stereocenters. The zero-order valence-electron chi connectivity index (χ0n) is 47.1. The number of ether oxygens (including phenoxy) is 1. The fraction of sp³-hybridized carbons (Fsp3) is 0.710.